The fourth-order valence-electron chi connectivity index (χ4n) is 2.59. The molecule has 0 saturated heterocycles. The second-order valence-corrected chi connectivity index (χ2v) is 6.87. The van der Waals surface area contributed by atoms with Crippen LogP contribution in [0.25, 0.3) is 0 Å². The highest BCUT2D eigenvalue weighted by molar-refractivity contribution is 7.09. The number of carbonyl (C=O) groups excluding carboxylic acids is 2. The van der Waals surface area contributed by atoms with Crippen LogP contribution < -0.4 is 16.0 Å². The molecular formula is C17H20N4O2S. The first-order valence-electron chi connectivity index (χ1n) is 7.88. The van der Waals surface area contributed by atoms with Crippen molar-refractivity contribution in [2.24, 2.45) is 5.92 Å². The second kappa shape index (κ2) is 7.00. The third-order valence-electron chi connectivity index (χ3n) is 3.99. The molecular weight excluding hydrogens is 324 g/mol. The summed E-state index contributed by atoms with van der Waals surface area (Å²) in [6.45, 7) is 3.32. The number of anilines is 2. The van der Waals surface area contributed by atoms with Gasteiger partial charge in [0.15, 0.2) is 0 Å². The van der Waals surface area contributed by atoms with E-state index in [-0.39, 0.29) is 18.0 Å². The van der Waals surface area contributed by atoms with Gasteiger partial charge in [-0.1, -0.05) is 6.07 Å². The topological polar surface area (TPSA) is 83.1 Å². The zero-order chi connectivity index (χ0) is 17.1. The number of hydrogen-bond donors (Lipinski definition) is 3. The lowest BCUT2D eigenvalue weighted by Crippen LogP contribution is -2.33. The van der Waals surface area contributed by atoms with Gasteiger partial charge in [0.2, 0.25) is 5.91 Å². The minimum absolute atomic E-state index is 0.0381. The van der Waals surface area contributed by atoms with Crippen molar-refractivity contribution in [2.75, 3.05) is 10.6 Å². The van der Waals surface area contributed by atoms with E-state index in [0.717, 1.165) is 23.4 Å². The van der Waals surface area contributed by atoms with Gasteiger partial charge in [-0.2, -0.15) is 0 Å². The van der Waals surface area contributed by atoms with Crippen molar-refractivity contribution < 1.29 is 9.59 Å². The zero-order valence-corrected chi connectivity index (χ0v) is 14.4. The van der Waals surface area contributed by atoms with Gasteiger partial charge >= 0.3 is 6.03 Å². The molecule has 1 aromatic carbocycles. The number of aromatic nitrogens is 1. The molecule has 1 atom stereocenters. The van der Waals surface area contributed by atoms with Crippen LogP contribution in [-0.2, 0) is 4.79 Å². The summed E-state index contributed by atoms with van der Waals surface area (Å²) in [5.41, 5.74) is 2.19. The first kappa shape index (κ1) is 16.4. The Morgan fingerprint density at radius 2 is 1.96 bits per heavy atom. The van der Waals surface area contributed by atoms with E-state index in [1.54, 1.807) is 23.6 Å². The Kier molecular flexibility index (Phi) is 4.80. The Morgan fingerprint density at radius 3 is 2.54 bits per heavy atom. The smallest absolute Gasteiger partial charge is 0.319 e. The fourth-order valence-corrected chi connectivity index (χ4v) is 3.38. The van der Waals surface area contributed by atoms with Gasteiger partial charge in [0.05, 0.1) is 6.04 Å². The molecule has 1 heterocycles. The molecule has 1 aliphatic rings. The Labute approximate surface area is 144 Å². The molecule has 0 spiro atoms. The Morgan fingerprint density at radius 1 is 1.25 bits per heavy atom. The van der Waals surface area contributed by atoms with Crippen molar-refractivity contribution in [3.8, 4) is 0 Å². The predicted molar refractivity (Wildman–Crippen MR) is 95.2 cm³/mol. The highest BCUT2D eigenvalue weighted by Crippen LogP contribution is 2.41. The van der Waals surface area contributed by atoms with Crippen LogP contribution in [-0.4, -0.2) is 16.9 Å². The standard InChI is InChI=1S/C17H20N4O2S/c1-10-13(19-11(2)22)4-3-5-14(10)20-17(23)21-15(12-6-7-12)16-18-8-9-24-16/h3-5,8-9,12,15H,6-7H2,1-2H3,(H,19,22)(H2,20,21,23). The summed E-state index contributed by atoms with van der Waals surface area (Å²) in [7, 11) is 0. The molecule has 6 nitrogen and oxygen atoms in total. The molecule has 1 fully saturated rings. The molecule has 24 heavy (non-hydrogen) atoms. The van der Waals surface area contributed by atoms with E-state index in [2.05, 4.69) is 20.9 Å². The van der Waals surface area contributed by atoms with E-state index in [4.69, 9.17) is 0 Å². The highest BCUT2D eigenvalue weighted by Gasteiger charge is 2.35. The molecule has 0 aliphatic heterocycles. The quantitative estimate of drug-likeness (QED) is 0.773. The number of nitrogens with one attached hydrogen (secondary N) is 3. The van der Waals surface area contributed by atoms with E-state index in [1.165, 1.54) is 6.92 Å². The number of rotatable bonds is 5. The summed E-state index contributed by atoms with van der Waals surface area (Å²) in [4.78, 5) is 28.0. The van der Waals surface area contributed by atoms with E-state index >= 15 is 0 Å². The van der Waals surface area contributed by atoms with Crippen LogP contribution >= 0.6 is 11.3 Å². The number of nitrogens with zero attached hydrogens (tertiary/aromatic N) is 1. The van der Waals surface area contributed by atoms with Crippen molar-refractivity contribution in [1.82, 2.24) is 10.3 Å². The predicted octanol–water partition coefficient (Wildman–Crippen LogP) is 3.68. The maximum absolute atomic E-state index is 12.4. The molecule has 0 radical (unpaired) electrons. The Hall–Kier alpha value is -2.41. The first-order valence-corrected chi connectivity index (χ1v) is 8.76. The fraction of sp³-hybridized carbons (Fsp3) is 0.353. The largest absolute Gasteiger partial charge is 0.328 e. The molecule has 1 aromatic heterocycles. The molecule has 1 unspecified atom stereocenters. The summed E-state index contributed by atoms with van der Waals surface area (Å²) in [5.74, 6) is 0.325. The van der Waals surface area contributed by atoms with Crippen LogP contribution in [0.5, 0.6) is 0 Å². The third kappa shape index (κ3) is 3.91. The van der Waals surface area contributed by atoms with Gasteiger partial charge in [-0.3, -0.25) is 4.79 Å². The Balaban J connectivity index is 1.69. The summed E-state index contributed by atoms with van der Waals surface area (Å²) >= 11 is 1.56. The van der Waals surface area contributed by atoms with E-state index in [1.807, 2.05) is 24.4 Å². The third-order valence-corrected chi connectivity index (χ3v) is 4.85. The SMILES string of the molecule is CC(=O)Nc1cccc(NC(=O)NC(c2nccs2)C2CC2)c1C. The summed E-state index contributed by atoms with van der Waals surface area (Å²) < 4.78 is 0. The van der Waals surface area contributed by atoms with Crippen molar-refractivity contribution in [1.29, 1.82) is 0 Å². The number of hydrogen-bond acceptors (Lipinski definition) is 4. The minimum Gasteiger partial charge on any atom is -0.328 e. The first-order chi connectivity index (χ1) is 11.5. The number of benzene rings is 1. The highest BCUT2D eigenvalue weighted by atomic mass is 32.1. The average molecular weight is 344 g/mol. The van der Waals surface area contributed by atoms with E-state index < -0.39 is 0 Å². The molecule has 3 rings (SSSR count). The molecule has 3 amide bonds. The maximum atomic E-state index is 12.4. The van der Waals surface area contributed by atoms with Crippen molar-refractivity contribution in [3.05, 3.63) is 40.3 Å². The van der Waals surface area contributed by atoms with Gasteiger partial charge in [0, 0.05) is 29.9 Å². The van der Waals surface area contributed by atoms with Crippen LogP contribution in [0.3, 0.4) is 0 Å². The van der Waals surface area contributed by atoms with Gasteiger partial charge in [-0.15, -0.1) is 11.3 Å². The summed E-state index contributed by atoms with van der Waals surface area (Å²) in [6.07, 6.45) is 3.99. The minimum atomic E-state index is -0.259. The van der Waals surface area contributed by atoms with Crippen LogP contribution in [0.4, 0.5) is 16.2 Å². The lowest BCUT2D eigenvalue weighted by Gasteiger charge is -2.18. The van der Waals surface area contributed by atoms with E-state index in [9.17, 15) is 9.59 Å². The van der Waals surface area contributed by atoms with Gasteiger partial charge in [0.25, 0.3) is 0 Å². The van der Waals surface area contributed by atoms with Crippen molar-refractivity contribution in [3.63, 3.8) is 0 Å². The summed E-state index contributed by atoms with van der Waals surface area (Å²) in [6, 6.07) is 5.12. The summed E-state index contributed by atoms with van der Waals surface area (Å²) in [5, 5.41) is 11.5. The number of thiazole rings is 1. The van der Waals surface area contributed by atoms with Gasteiger partial charge in [0.1, 0.15) is 5.01 Å². The van der Waals surface area contributed by atoms with Crippen LogP contribution in [0.1, 0.15) is 36.4 Å². The van der Waals surface area contributed by atoms with Crippen LogP contribution in [0.2, 0.25) is 0 Å². The van der Waals surface area contributed by atoms with Gasteiger partial charge in [-0.05, 0) is 43.4 Å². The number of carbonyl (C=O) groups is 2. The molecule has 1 aliphatic carbocycles. The van der Waals surface area contributed by atoms with E-state index in [0.29, 0.717) is 17.3 Å². The monoisotopic (exact) mass is 344 g/mol. The number of urea groups is 1. The zero-order valence-electron chi connectivity index (χ0n) is 13.6. The van der Waals surface area contributed by atoms with Crippen molar-refractivity contribution >= 4 is 34.6 Å². The van der Waals surface area contributed by atoms with Crippen LogP contribution in [0, 0.1) is 12.8 Å². The molecule has 7 heteroatoms. The maximum Gasteiger partial charge on any atom is 0.319 e. The van der Waals surface area contributed by atoms with Crippen molar-refractivity contribution in [2.45, 2.75) is 32.7 Å². The van der Waals surface area contributed by atoms with Crippen LogP contribution in [0.15, 0.2) is 29.8 Å². The van der Waals surface area contributed by atoms with Gasteiger partial charge in [-0.25, -0.2) is 9.78 Å². The average Bonchev–Trinajstić information content (AvgIpc) is 3.22. The molecule has 2 aromatic rings. The number of amides is 3. The lowest BCUT2D eigenvalue weighted by molar-refractivity contribution is -0.114. The second-order valence-electron chi connectivity index (χ2n) is 5.94. The Bertz CT molecular complexity index is 741. The molecule has 126 valence electrons. The normalized spacial score (nSPS) is 14.8. The molecule has 1 saturated carbocycles. The molecule has 0 bridgehead atoms. The van der Waals surface area contributed by atoms with Gasteiger partial charge < -0.3 is 16.0 Å². The molecule has 3 N–H and O–H groups in total. The lowest BCUT2D eigenvalue weighted by atomic mass is 10.1.